The molecule has 1 saturated heterocycles. The summed E-state index contributed by atoms with van der Waals surface area (Å²) in [6, 6.07) is 0.609. The topological polar surface area (TPSA) is 41.6 Å². The molecule has 2 unspecified atom stereocenters. The molecule has 19 heavy (non-hydrogen) atoms. The van der Waals surface area contributed by atoms with E-state index in [1.807, 2.05) is 25.7 Å². The van der Waals surface area contributed by atoms with Crippen molar-refractivity contribution in [3.8, 4) is 0 Å². The zero-order valence-corrected chi connectivity index (χ0v) is 13.1. The van der Waals surface area contributed by atoms with Crippen LogP contribution in [0.4, 0.5) is 4.79 Å². The maximum Gasteiger partial charge on any atom is 0.410 e. The minimum Gasteiger partial charge on any atom is -0.444 e. The van der Waals surface area contributed by atoms with Gasteiger partial charge in [-0.3, -0.25) is 0 Å². The van der Waals surface area contributed by atoms with E-state index in [1.165, 1.54) is 0 Å². The fourth-order valence-corrected chi connectivity index (χ4v) is 2.73. The van der Waals surface area contributed by atoms with Gasteiger partial charge >= 0.3 is 6.09 Å². The molecule has 4 nitrogen and oxygen atoms in total. The predicted molar refractivity (Wildman–Crippen MR) is 76.0 cm³/mol. The molecule has 1 heterocycles. The molecule has 0 spiro atoms. The van der Waals surface area contributed by atoms with Crippen LogP contribution in [-0.4, -0.2) is 42.3 Å². The van der Waals surface area contributed by atoms with Gasteiger partial charge in [-0.2, -0.15) is 0 Å². The quantitative estimate of drug-likeness (QED) is 0.836. The summed E-state index contributed by atoms with van der Waals surface area (Å²) in [5, 5.41) is 3.63. The standard InChI is InChI=1S/C15H28N2O2/c1-14(2,3)9-16-12-10-7-17(8-11(10)12)13(18)19-15(4,5)6/h10-12,16H,7-9H2,1-6H3. The lowest BCUT2D eigenvalue weighted by molar-refractivity contribution is 0.0268. The minimum absolute atomic E-state index is 0.158. The van der Waals surface area contributed by atoms with Gasteiger partial charge < -0.3 is 15.0 Å². The number of hydrogen-bond acceptors (Lipinski definition) is 3. The van der Waals surface area contributed by atoms with Gasteiger partial charge in [0.2, 0.25) is 0 Å². The maximum absolute atomic E-state index is 11.9. The number of nitrogens with one attached hydrogen (secondary N) is 1. The average Bonchev–Trinajstić information content (AvgIpc) is 2.65. The van der Waals surface area contributed by atoms with E-state index in [0.29, 0.717) is 23.3 Å². The molecule has 0 bridgehead atoms. The summed E-state index contributed by atoms with van der Waals surface area (Å²) in [7, 11) is 0. The Kier molecular flexibility index (Phi) is 3.58. The Bertz CT molecular complexity index is 342. The molecule has 2 atom stereocenters. The van der Waals surface area contributed by atoms with Crippen molar-refractivity contribution in [2.75, 3.05) is 19.6 Å². The first kappa shape index (κ1) is 14.6. The van der Waals surface area contributed by atoms with Gasteiger partial charge in [-0.25, -0.2) is 4.79 Å². The van der Waals surface area contributed by atoms with E-state index in [0.717, 1.165) is 19.6 Å². The van der Waals surface area contributed by atoms with Crippen molar-refractivity contribution in [2.45, 2.75) is 53.2 Å². The third kappa shape index (κ3) is 3.85. The van der Waals surface area contributed by atoms with Crippen molar-refractivity contribution in [2.24, 2.45) is 17.3 Å². The number of rotatable bonds is 2. The Morgan fingerprint density at radius 3 is 2.11 bits per heavy atom. The molecule has 1 aliphatic heterocycles. The number of carbonyl (C=O) groups excluding carboxylic acids is 1. The van der Waals surface area contributed by atoms with Gasteiger partial charge in [0.15, 0.2) is 0 Å². The SMILES string of the molecule is CC(C)(C)CNC1C2CN(C(=O)OC(C)(C)C)CC21. The zero-order valence-electron chi connectivity index (χ0n) is 13.1. The lowest BCUT2D eigenvalue weighted by Crippen LogP contribution is -2.40. The summed E-state index contributed by atoms with van der Waals surface area (Å²) in [6.07, 6.45) is -0.158. The van der Waals surface area contributed by atoms with Gasteiger partial charge in [-0.15, -0.1) is 0 Å². The molecule has 2 aliphatic rings. The Morgan fingerprint density at radius 1 is 1.16 bits per heavy atom. The highest BCUT2D eigenvalue weighted by Crippen LogP contribution is 2.46. The first-order valence-electron chi connectivity index (χ1n) is 7.28. The molecule has 0 radical (unpaired) electrons. The monoisotopic (exact) mass is 268 g/mol. The molecule has 1 aliphatic carbocycles. The largest absolute Gasteiger partial charge is 0.444 e. The molecule has 0 aromatic carbocycles. The third-order valence-electron chi connectivity index (χ3n) is 3.71. The van der Waals surface area contributed by atoms with Crippen LogP contribution in [0.1, 0.15) is 41.5 Å². The second-order valence-electron chi connectivity index (χ2n) is 8.18. The molecule has 4 heteroatoms. The molecular formula is C15H28N2O2. The van der Waals surface area contributed by atoms with E-state index >= 15 is 0 Å². The van der Waals surface area contributed by atoms with E-state index in [9.17, 15) is 4.79 Å². The number of fused-ring (bicyclic) bond motifs is 1. The number of hydrogen-bond donors (Lipinski definition) is 1. The van der Waals surface area contributed by atoms with E-state index in [4.69, 9.17) is 4.74 Å². The molecule has 1 saturated carbocycles. The van der Waals surface area contributed by atoms with Crippen LogP contribution in [0.25, 0.3) is 0 Å². The third-order valence-corrected chi connectivity index (χ3v) is 3.71. The molecule has 2 rings (SSSR count). The van der Waals surface area contributed by atoms with Crippen LogP contribution in [0.3, 0.4) is 0 Å². The van der Waals surface area contributed by atoms with E-state index in [1.54, 1.807) is 0 Å². The number of amides is 1. The van der Waals surface area contributed by atoms with Crippen molar-refractivity contribution in [3.05, 3.63) is 0 Å². The number of ether oxygens (including phenoxy) is 1. The zero-order chi connectivity index (χ0) is 14.4. The Labute approximate surface area is 116 Å². The molecule has 110 valence electrons. The number of likely N-dealkylation sites (tertiary alicyclic amines) is 1. The Morgan fingerprint density at radius 2 is 1.68 bits per heavy atom. The Hall–Kier alpha value is -0.770. The minimum atomic E-state index is -0.395. The van der Waals surface area contributed by atoms with Gasteiger partial charge in [0.25, 0.3) is 0 Å². The van der Waals surface area contributed by atoms with Crippen LogP contribution in [-0.2, 0) is 4.74 Å². The summed E-state index contributed by atoms with van der Waals surface area (Å²) < 4.78 is 5.41. The average molecular weight is 268 g/mol. The first-order chi connectivity index (χ1) is 8.57. The van der Waals surface area contributed by atoms with Crippen molar-refractivity contribution in [1.82, 2.24) is 10.2 Å². The van der Waals surface area contributed by atoms with Crippen LogP contribution in [0.2, 0.25) is 0 Å². The van der Waals surface area contributed by atoms with Crippen LogP contribution in [0.15, 0.2) is 0 Å². The van der Waals surface area contributed by atoms with E-state index in [2.05, 4.69) is 26.1 Å². The summed E-state index contributed by atoms with van der Waals surface area (Å²) >= 11 is 0. The fourth-order valence-electron chi connectivity index (χ4n) is 2.73. The van der Waals surface area contributed by atoms with Gasteiger partial charge in [0, 0.05) is 25.7 Å². The lowest BCUT2D eigenvalue weighted by atomic mass is 9.97. The van der Waals surface area contributed by atoms with Crippen molar-refractivity contribution in [1.29, 1.82) is 0 Å². The van der Waals surface area contributed by atoms with Crippen LogP contribution in [0.5, 0.6) is 0 Å². The molecule has 2 fully saturated rings. The second kappa shape index (κ2) is 4.65. The van der Waals surface area contributed by atoms with Gasteiger partial charge in [0.1, 0.15) is 5.60 Å². The molecular weight excluding hydrogens is 240 g/mol. The molecule has 0 aromatic heterocycles. The highest BCUT2D eigenvalue weighted by molar-refractivity contribution is 5.69. The van der Waals surface area contributed by atoms with Crippen molar-refractivity contribution < 1.29 is 9.53 Å². The smallest absolute Gasteiger partial charge is 0.410 e. The number of nitrogens with zero attached hydrogens (tertiary/aromatic N) is 1. The fraction of sp³-hybridized carbons (Fsp3) is 0.933. The van der Waals surface area contributed by atoms with Crippen LogP contribution >= 0.6 is 0 Å². The number of piperidine rings is 1. The summed E-state index contributed by atoms with van der Waals surface area (Å²) in [6.45, 7) is 15.2. The van der Waals surface area contributed by atoms with Crippen molar-refractivity contribution >= 4 is 6.09 Å². The normalized spacial score (nSPS) is 30.2. The first-order valence-corrected chi connectivity index (χ1v) is 7.28. The van der Waals surface area contributed by atoms with Crippen LogP contribution < -0.4 is 5.32 Å². The number of carbonyl (C=O) groups is 1. The molecule has 1 N–H and O–H groups in total. The maximum atomic E-state index is 11.9. The highest BCUT2D eigenvalue weighted by Gasteiger charge is 2.57. The van der Waals surface area contributed by atoms with Gasteiger partial charge in [0.05, 0.1) is 0 Å². The van der Waals surface area contributed by atoms with E-state index in [-0.39, 0.29) is 6.09 Å². The van der Waals surface area contributed by atoms with Crippen LogP contribution in [0, 0.1) is 17.3 Å². The summed E-state index contributed by atoms with van der Waals surface area (Å²) in [5.41, 5.74) is -0.0739. The van der Waals surface area contributed by atoms with E-state index < -0.39 is 5.60 Å². The van der Waals surface area contributed by atoms with Gasteiger partial charge in [-0.1, -0.05) is 20.8 Å². The van der Waals surface area contributed by atoms with Gasteiger partial charge in [-0.05, 0) is 38.0 Å². The summed E-state index contributed by atoms with van der Waals surface area (Å²) in [4.78, 5) is 13.8. The predicted octanol–water partition coefficient (Wildman–Crippen LogP) is 2.49. The summed E-state index contributed by atoms with van der Waals surface area (Å²) in [5.74, 6) is 1.27. The Balaban J connectivity index is 1.73. The van der Waals surface area contributed by atoms with Crippen molar-refractivity contribution in [3.63, 3.8) is 0 Å². The molecule has 1 amide bonds. The second-order valence-corrected chi connectivity index (χ2v) is 8.18. The molecule has 0 aromatic rings. The lowest BCUT2D eigenvalue weighted by Gasteiger charge is -2.26. The highest BCUT2D eigenvalue weighted by atomic mass is 16.6.